The van der Waals surface area contributed by atoms with Crippen molar-refractivity contribution in [1.29, 1.82) is 0 Å². The van der Waals surface area contributed by atoms with Gasteiger partial charge in [-0.25, -0.2) is 0 Å². The molecule has 0 fully saturated rings. The smallest absolute Gasteiger partial charge is 0.116 e. The van der Waals surface area contributed by atoms with Gasteiger partial charge in [0, 0.05) is 10.4 Å². The van der Waals surface area contributed by atoms with Crippen molar-refractivity contribution in [2.75, 3.05) is 0 Å². The lowest BCUT2D eigenvalue weighted by atomic mass is 9.71. The summed E-state index contributed by atoms with van der Waals surface area (Å²) in [6, 6.07) is 10.4. The maximum Gasteiger partial charge on any atom is 0.116 e. The molecule has 1 nitrogen and oxygen atoms in total. The van der Waals surface area contributed by atoms with Crippen LogP contribution >= 0.6 is 11.3 Å². The fourth-order valence-electron chi connectivity index (χ4n) is 3.11. The summed E-state index contributed by atoms with van der Waals surface area (Å²) in [6.45, 7) is 4.34. The van der Waals surface area contributed by atoms with Gasteiger partial charge in [0.05, 0.1) is 0 Å². The van der Waals surface area contributed by atoms with Gasteiger partial charge in [-0.3, -0.25) is 0 Å². The summed E-state index contributed by atoms with van der Waals surface area (Å²) in [5, 5.41) is 13.3. The molecule has 1 aliphatic carbocycles. The molecule has 1 N–H and O–H groups in total. The number of fused-ring (bicyclic) bond motifs is 1. The van der Waals surface area contributed by atoms with E-state index in [0.717, 1.165) is 24.0 Å². The lowest BCUT2D eigenvalue weighted by Crippen LogP contribution is -2.33. The maximum atomic E-state index is 11.2. The zero-order chi connectivity index (χ0) is 12.8. The first-order valence-electron chi connectivity index (χ1n) is 6.49. The van der Waals surface area contributed by atoms with Crippen molar-refractivity contribution in [3.63, 3.8) is 0 Å². The lowest BCUT2D eigenvalue weighted by molar-refractivity contribution is 0.0578. The molecule has 0 radical (unpaired) electrons. The Bertz CT molecular complexity index is 572. The predicted molar refractivity (Wildman–Crippen MR) is 76.1 cm³/mol. The Hall–Kier alpha value is -1.12. The Morgan fingerprint density at radius 1 is 1.22 bits per heavy atom. The molecule has 94 valence electrons. The third kappa shape index (κ3) is 1.63. The molecule has 1 aromatic carbocycles. The highest BCUT2D eigenvalue weighted by molar-refractivity contribution is 7.10. The minimum Gasteiger partial charge on any atom is -0.380 e. The first-order valence-corrected chi connectivity index (χ1v) is 7.37. The van der Waals surface area contributed by atoms with E-state index in [9.17, 15) is 5.11 Å². The van der Waals surface area contributed by atoms with Crippen LogP contribution in [0.3, 0.4) is 0 Å². The van der Waals surface area contributed by atoms with Crippen LogP contribution < -0.4 is 0 Å². The third-order valence-electron chi connectivity index (χ3n) is 4.18. The van der Waals surface area contributed by atoms with Crippen LogP contribution in [0.15, 0.2) is 35.7 Å². The standard InChI is InChI=1S/C16H18OS/c1-11-7-9-16(17,14-8-10-18-12(14)2)15-6-4-3-5-13(11)15/h3-6,8,10-11,17H,7,9H2,1-2H3. The van der Waals surface area contributed by atoms with Crippen molar-refractivity contribution in [3.05, 3.63) is 57.3 Å². The summed E-state index contributed by atoms with van der Waals surface area (Å²) in [5.74, 6) is 0.542. The molecular formula is C16H18OS. The van der Waals surface area contributed by atoms with Gasteiger partial charge in [0.15, 0.2) is 0 Å². The SMILES string of the molecule is Cc1sccc1C1(O)CCC(C)c2ccccc21. The van der Waals surface area contributed by atoms with Gasteiger partial charge in [-0.15, -0.1) is 11.3 Å². The van der Waals surface area contributed by atoms with E-state index in [1.165, 1.54) is 10.4 Å². The average molecular weight is 258 g/mol. The molecule has 1 aliphatic rings. The molecule has 1 aromatic heterocycles. The van der Waals surface area contributed by atoms with E-state index < -0.39 is 5.60 Å². The van der Waals surface area contributed by atoms with Crippen LogP contribution in [-0.2, 0) is 5.60 Å². The molecule has 2 unspecified atom stereocenters. The second-order valence-corrected chi connectivity index (χ2v) is 6.40. The van der Waals surface area contributed by atoms with E-state index in [-0.39, 0.29) is 0 Å². The zero-order valence-electron chi connectivity index (χ0n) is 10.8. The van der Waals surface area contributed by atoms with Crippen LogP contribution in [0.25, 0.3) is 0 Å². The number of thiophene rings is 1. The van der Waals surface area contributed by atoms with Crippen LogP contribution in [-0.4, -0.2) is 5.11 Å². The van der Waals surface area contributed by atoms with E-state index in [1.807, 2.05) is 6.07 Å². The normalized spacial score (nSPS) is 26.9. The van der Waals surface area contributed by atoms with Gasteiger partial charge in [0.2, 0.25) is 0 Å². The molecule has 1 heterocycles. The summed E-state index contributed by atoms with van der Waals surface area (Å²) in [7, 11) is 0. The number of benzene rings is 1. The molecule has 2 aromatic rings. The van der Waals surface area contributed by atoms with Gasteiger partial charge < -0.3 is 5.11 Å². The lowest BCUT2D eigenvalue weighted by Gasteiger charge is -2.37. The fraction of sp³-hybridized carbons (Fsp3) is 0.375. The quantitative estimate of drug-likeness (QED) is 0.813. The highest BCUT2D eigenvalue weighted by Gasteiger charge is 2.39. The first-order chi connectivity index (χ1) is 8.63. The van der Waals surface area contributed by atoms with Gasteiger partial charge in [-0.05, 0) is 48.3 Å². The summed E-state index contributed by atoms with van der Waals surface area (Å²) in [4.78, 5) is 1.22. The summed E-state index contributed by atoms with van der Waals surface area (Å²) < 4.78 is 0. The third-order valence-corrected chi connectivity index (χ3v) is 5.03. The van der Waals surface area contributed by atoms with Crippen molar-refractivity contribution in [1.82, 2.24) is 0 Å². The molecule has 3 rings (SSSR count). The van der Waals surface area contributed by atoms with E-state index in [2.05, 4.69) is 43.5 Å². The Morgan fingerprint density at radius 2 is 2.00 bits per heavy atom. The number of hydrogen-bond donors (Lipinski definition) is 1. The second kappa shape index (κ2) is 4.22. The highest BCUT2D eigenvalue weighted by atomic mass is 32.1. The van der Waals surface area contributed by atoms with Crippen LogP contribution in [0.5, 0.6) is 0 Å². The minimum absolute atomic E-state index is 0.542. The molecule has 18 heavy (non-hydrogen) atoms. The largest absolute Gasteiger partial charge is 0.380 e. The Labute approximate surface area is 112 Å². The van der Waals surface area contributed by atoms with Crippen LogP contribution in [0.1, 0.15) is 47.3 Å². The Balaban J connectivity index is 2.20. The van der Waals surface area contributed by atoms with Gasteiger partial charge in [-0.2, -0.15) is 0 Å². The molecule has 0 bridgehead atoms. The van der Waals surface area contributed by atoms with E-state index in [1.54, 1.807) is 11.3 Å². The predicted octanol–water partition coefficient (Wildman–Crippen LogP) is 4.19. The van der Waals surface area contributed by atoms with Crippen molar-refractivity contribution in [2.24, 2.45) is 0 Å². The molecule has 0 amide bonds. The minimum atomic E-state index is -0.785. The zero-order valence-corrected chi connectivity index (χ0v) is 11.6. The topological polar surface area (TPSA) is 20.2 Å². The molecule has 0 aliphatic heterocycles. The summed E-state index contributed by atoms with van der Waals surface area (Å²) >= 11 is 1.71. The van der Waals surface area contributed by atoms with Crippen molar-refractivity contribution >= 4 is 11.3 Å². The summed E-state index contributed by atoms with van der Waals surface area (Å²) in [5.41, 5.74) is 2.71. The van der Waals surface area contributed by atoms with Gasteiger partial charge >= 0.3 is 0 Å². The van der Waals surface area contributed by atoms with Crippen LogP contribution in [0.2, 0.25) is 0 Å². The summed E-state index contributed by atoms with van der Waals surface area (Å²) in [6.07, 6.45) is 1.87. The Kier molecular flexibility index (Phi) is 2.80. The van der Waals surface area contributed by atoms with Crippen molar-refractivity contribution in [3.8, 4) is 0 Å². The van der Waals surface area contributed by atoms with Gasteiger partial charge in [-0.1, -0.05) is 31.2 Å². The number of aliphatic hydroxyl groups is 1. The van der Waals surface area contributed by atoms with Gasteiger partial charge in [0.1, 0.15) is 5.60 Å². The van der Waals surface area contributed by atoms with Gasteiger partial charge in [0.25, 0.3) is 0 Å². The van der Waals surface area contributed by atoms with E-state index in [0.29, 0.717) is 5.92 Å². The average Bonchev–Trinajstić information content (AvgIpc) is 2.82. The Morgan fingerprint density at radius 3 is 2.72 bits per heavy atom. The van der Waals surface area contributed by atoms with E-state index in [4.69, 9.17) is 0 Å². The molecule has 0 spiro atoms. The molecule has 0 saturated carbocycles. The van der Waals surface area contributed by atoms with Crippen molar-refractivity contribution in [2.45, 2.75) is 38.2 Å². The van der Waals surface area contributed by atoms with Crippen LogP contribution in [0.4, 0.5) is 0 Å². The maximum absolute atomic E-state index is 11.2. The number of rotatable bonds is 1. The van der Waals surface area contributed by atoms with E-state index >= 15 is 0 Å². The van der Waals surface area contributed by atoms with Crippen molar-refractivity contribution < 1.29 is 5.11 Å². The highest BCUT2D eigenvalue weighted by Crippen LogP contribution is 2.46. The fourth-order valence-corrected chi connectivity index (χ4v) is 3.88. The number of aryl methyl sites for hydroxylation is 1. The molecule has 0 saturated heterocycles. The number of hydrogen-bond acceptors (Lipinski definition) is 2. The molecule has 2 atom stereocenters. The second-order valence-electron chi connectivity index (χ2n) is 5.28. The molecule has 2 heteroatoms. The van der Waals surface area contributed by atoms with Crippen LogP contribution in [0, 0.1) is 6.92 Å². The monoisotopic (exact) mass is 258 g/mol. The first kappa shape index (κ1) is 11.9. The molecular weight excluding hydrogens is 240 g/mol.